The summed E-state index contributed by atoms with van der Waals surface area (Å²) in [6.45, 7) is 2.91. The number of hydrogen-bond acceptors (Lipinski definition) is 3. The van der Waals surface area contributed by atoms with E-state index in [0.717, 1.165) is 23.6 Å². The van der Waals surface area contributed by atoms with Gasteiger partial charge in [-0.15, -0.1) is 0 Å². The lowest BCUT2D eigenvalue weighted by molar-refractivity contribution is 0.174. The van der Waals surface area contributed by atoms with Crippen LogP contribution < -0.4 is 0 Å². The van der Waals surface area contributed by atoms with Gasteiger partial charge in [0.05, 0.1) is 18.0 Å². The number of nitrogens with zero attached hydrogens (tertiary/aromatic N) is 4. The number of hydrogen-bond donors (Lipinski definition) is 1. The van der Waals surface area contributed by atoms with Crippen LogP contribution in [0, 0.1) is 0 Å². The highest BCUT2D eigenvalue weighted by Crippen LogP contribution is 2.18. The molecular formula is C16H18N4O. The lowest BCUT2D eigenvalue weighted by Gasteiger charge is -2.09. The molecule has 2 aromatic heterocycles. The first-order valence-electron chi connectivity index (χ1n) is 7.06. The van der Waals surface area contributed by atoms with Crippen molar-refractivity contribution in [1.82, 2.24) is 19.3 Å². The summed E-state index contributed by atoms with van der Waals surface area (Å²) in [5.41, 5.74) is 1.77. The third-order valence-corrected chi connectivity index (χ3v) is 3.53. The van der Waals surface area contributed by atoms with Gasteiger partial charge in [0.1, 0.15) is 5.82 Å². The van der Waals surface area contributed by atoms with E-state index >= 15 is 0 Å². The molecule has 108 valence electrons. The summed E-state index contributed by atoms with van der Waals surface area (Å²) < 4.78 is 3.80. The molecule has 3 aromatic rings. The van der Waals surface area contributed by atoms with E-state index in [1.807, 2.05) is 47.3 Å². The highest BCUT2D eigenvalue weighted by Gasteiger charge is 2.14. The Kier molecular flexibility index (Phi) is 3.83. The number of imidazole rings is 1. The second-order valence-corrected chi connectivity index (χ2v) is 4.90. The molecule has 0 saturated heterocycles. The first kappa shape index (κ1) is 13.6. The van der Waals surface area contributed by atoms with Gasteiger partial charge in [-0.05, 0) is 19.1 Å². The molecule has 1 aromatic carbocycles. The third kappa shape index (κ3) is 2.87. The Morgan fingerprint density at radius 3 is 2.81 bits per heavy atom. The Bertz CT molecular complexity index is 702. The molecule has 1 unspecified atom stereocenters. The average molecular weight is 282 g/mol. The van der Waals surface area contributed by atoms with Crippen LogP contribution in [-0.4, -0.2) is 24.4 Å². The first-order chi connectivity index (χ1) is 10.3. The second kappa shape index (κ2) is 5.93. The molecule has 1 atom stereocenters. The fraction of sp³-hybridized carbons (Fsp3) is 0.250. The van der Waals surface area contributed by atoms with Gasteiger partial charge >= 0.3 is 0 Å². The maximum atomic E-state index is 10.4. The normalized spacial score (nSPS) is 12.5. The van der Waals surface area contributed by atoms with E-state index in [0.29, 0.717) is 6.42 Å². The zero-order valence-corrected chi connectivity index (χ0v) is 11.9. The van der Waals surface area contributed by atoms with Crippen LogP contribution in [0.4, 0.5) is 0 Å². The topological polar surface area (TPSA) is 55.9 Å². The molecule has 21 heavy (non-hydrogen) atoms. The number of benzene rings is 1. The lowest BCUT2D eigenvalue weighted by atomic mass is 10.1. The Labute approximate surface area is 123 Å². The fourth-order valence-corrected chi connectivity index (χ4v) is 2.34. The predicted molar refractivity (Wildman–Crippen MR) is 80.1 cm³/mol. The minimum Gasteiger partial charge on any atom is -0.388 e. The zero-order valence-electron chi connectivity index (χ0n) is 11.9. The number of para-hydroxylation sites is 1. The number of aryl methyl sites for hydroxylation is 1. The van der Waals surface area contributed by atoms with Crippen LogP contribution in [-0.2, 0) is 13.0 Å². The van der Waals surface area contributed by atoms with Crippen LogP contribution in [0.3, 0.4) is 0 Å². The van der Waals surface area contributed by atoms with Crippen molar-refractivity contribution in [2.45, 2.75) is 26.0 Å². The van der Waals surface area contributed by atoms with E-state index in [1.165, 1.54) is 0 Å². The molecule has 1 N–H and O–H groups in total. The van der Waals surface area contributed by atoms with E-state index in [4.69, 9.17) is 0 Å². The van der Waals surface area contributed by atoms with Crippen LogP contribution >= 0.6 is 0 Å². The van der Waals surface area contributed by atoms with Crippen molar-refractivity contribution in [2.24, 2.45) is 0 Å². The zero-order chi connectivity index (χ0) is 14.7. The van der Waals surface area contributed by atoms with Crippen molar-refractivity contribution in [1.29, 1.82) is 0 Å². The number of aliphatic hydroxyl groups excluding tert-OH is 1. The average Bonchev–Trinajstić information content (AvgIpc) is 3.17. The van der Waals surface area contributed by atoms with E-state index in [1.54, 1.807) is 17.1 Å². The summed E-state index contributed by atoms with van der Waals surface area (Å²) in [4.78, 5) is 4.29. The lowest BCUT2D eigenvalue weighted by Crippen LogP contribution is -2.07. The molecular weight excluding hydrogens is 264 g/mol. The number of rotatable bonds is 5. The summed E-state index contributed by atoms with van der Waals surface area (Å²) in [6.07, 6.45) is 7.14. The van der Waals surface area contributed by atoms with Gasteiger partial charge in [-0.3, -0.25) is 0 Å². The summed E-state index contributed by atoms with van der Waals surface area (Å²) >= 11 is 0. The van der Waals surface area contributed by atoms with Gasteiger partial charge < -0.3 is 9.67 Å². The SMILES string of the molecule is CCn1ccnc1CC(O)c1cnn(-c2ccccc2)c1. The Hall–Kier alpha value is -2.40. The minimum absolute atomic E-state index is 0.487. The van der Waals surface area contributed by atoms with Crippen LogP contribution in [0.25, 0.3) is 5.69 Å². The second-order valence-electron chi connectivity index (χ2n) is 4.90. The predicted octanol–water partition coefficient (Wildman–Crippen LogP) is 2.36. The van der Waals surface area contributed by atoms with Gasteiger partial charge in [-0.2, -0.15) is 5.10 Å². The molecule has 2 heterocycles. The van der Waals surface area contributed by atoms with Gasteiger partial charge in [0.2, 0.25) is 0 Å². The molecule has 0 bridgehead atoms. The number of aromatic nitrogens is 4. The van der Waals surface area contributed by atoms with E-state index in [9.17, 15) is 5.11 Å². The largest absolute Gasteiger partial charge is 0.388 e. The van der Waals surface area contributed by atoms with Crippen LogP contribution in [0.15, 0.2) is 55.1 Å². The van der Waals surface area contributed by atoms with Crippen molar-refractivity contribution in [3.63, 3.8) is 0 Å². The van der Waals surface area contributed by atoms with Gasteiger partial charge in [-0.1, -0.05) is 18.2 Å². The maximum Gasteiger partial charge on any atom is 0.111 e. The molecule has 0 spiro atoms. The van der Waals surface area contributed by atoms with Gasteiger partial charge in [0.25, 0.3) is 0 Å². The van der Waals surface area contributed by atoms with E-state index in [2.05, 4.69) is 17.0 Å². The highest BCUT2D eigenvalue weighted by molar-refractivity contribution is 5.31. The van der Waals surface area contributed by atoms with Gasteiger partial charge in [0, 0.05) is 37.1 Å². The summed E-state index contributed by atoms with van der Waals surface area (Å²) in [6, 6.07) is 9.85. The van der Waals surface area contributed by atoms with Crippen molar-refractivity contribution in [3.8, 4) is 5.69 Å². The third-order valence-electron chi connectivity index (χ3n) is 3.53. The molecule has 5 heteroatoms. The first-order valence-corrected chi connectivity index (χ1v) is 7.06. The van der Waals surface area contributed by atoms with Crippen molar-refractivity contribution >= 4 is 0 Å². The van der Waals surface area contributed by atoms with Crippen LogP contribution in [0.1, 0.15) is 24.4 Å². The van der Waals surface area contributed by atoms with Crippen molar-refractivity contribution in [2.75, 3.05) is 0 Å². The van der Waals surface area contributed by atoms with E-state index < -0.39 is 6.10 Å². The van der Waals surface area contributed by atoms with Crippen molar-refractivity contribution in [3.05, 3.63) is 66.5 Å². The standard InChI is InChI=1S/C16H18N4O/c1-2-19-9-8-17-16(19)10-15(21)13-11-18-20(12-13)14-6-4-3-5-7-14/h3-9,11-12,15,21H,2,10H2,1H3. The summed E-state index contributed by atoms with van der Waals surface area (Å²) in [5.74, 6) is 0.887. The molecule has 0 radical (unpaired) electrons. The molecule has 0 saturated carbocycles. The van der Waals surface area contributed by atoms with E-state index in [-0.39, 0.29) is 0 Å². The Morgan fingerprint density at radius 1 is 1.24 bits per heavy atom. The minimum atomic E-state index is -0.602. The van der Waals surface area contributed by atoms with Crippen LogP contribution in [0.5, 0.6) is 0 Å². The monoisotopic (exact) mass is 282 g/mol. The summed E-state index contributed by atoms with van der Waals surface area (Å²) in [5, 5.41) is 14.7. The molecule has 0 aliphatic carbocycles. The maximum absolute atomic E-state index is 10.4. The number of aliphatic hydroxyl groups is 1. The van der Waals surface area contributed by atoms with Crippen molar-refractivity contribution < 1.29 is 5.11 Å². The fourth-order valence-electron chi connectivity index (χ4n) is 2.34. The molecule has 0 aliphatic rings. The quantitative estimate of drug-likeness (QED) is 0.781. The molecule has 0 aliphatic heterocycles. The van der Waals surface area contributed by atoms with Gasteiger partial charge in [0.15, 0.2) is 0 Å². The molecule has 0 amide bonds. The summed E-state index contributed by atoms with van der Waals surface area (Å²) in [7, 11) is 0. The molecule has 0 fully saturated rings. The molecule has 3 rings (SSSR count). The Balaban J connectivity index is 1.77. The van der Waals surface area contributed by atoms with Crippen LogP contribution in [0.2, 0.25) is 0 Å². The van der Waals surface area contributed by atoms with Gasteiger partial charge in [-0.25, -0.2) is 9.67 Å². The highest BCUT2D eigenvalue weighted by atomic mass is 16.3. The smallest absolute Gasteiger partial charge is 0.111 e. The molecule has 5 nitrogen and oxygen atoms in total. The Morgan fingerprint density at radius 2 is 2.05 bits per heavy atom.